The highest BCUT2D eigenvalue weighted by molar-refractivity contribution is 5.95. The lowest BCUT2D eigenvalue weighted by Gasteiger charge is -2.36. The molecule has 18 heteroatoms. The Balaban J connectivity index is 1.44. The Morgan fingerprint density at radius 1 is 0.791 bits per heavy atom. The lowest BCUT2D eigenvalue weighted by Crippen LogP contribution is -2.59. The van der Waals surface area contributed by atoms with Gasteiger partial charge in [0.05, 0.1) is 29.9 Å². The van der Waals surface area contributed by atoms with Crippen LogP contribution in [0.4, 0.5) is 0 Å². The molecule has 67 heavy (non-hydrogen) atoms. The summed E-state index contributed by atoms with van der Waals surface area (Å²) < 4.78 is 1.69. The number of hydrogen-bond acceptors (Lipinski definition) is 11. The third kappa shape index (κ3) is 15.1. The number of benzene rings is 1. The van der Waals surface area contributed by atoms with Crippen molar-refractivity contribution < 1.29 is 33.6 Å². The molecular formula is C49H79N11O7. The molecule has 1 fully saturated rings. The predicted molar refractivity (Wildman–Crippen MR) is 256 cm³/mol. The number of nitrogens with zero attached hydrogens (tertiary/aromatic N) is 4. The fourth-order valence-electron chi connectivity index (χ4n) is 8.35. The van der Waals surface area contributed by atoms with Gasteiger partial charge in [0.15, 0.2) is 0 Å². The first-order valence-electron chi connectivity index (χ1n) is 24.2. The lowest BCUT2D eigenvalue weighted by atomic mass is 9.85. The van der Waals surface area contributed by atoms with Gasteiger partial charge in [-0.2, -0.15) is 0 Å². The number of ketones is 1. The van der Waals surface area contributed by atoms with E-state index in [0.717, 1.165) is 24.8 Å². The van der Waals surface area contributed by atoms with Crippen molar-refractivity contribution in [3.05, 3.63) is 47.3 Å². The Labute approximate surface area is 397 Å². The number of likely N-dealkylation sites (tertiary alicyclic amines) is 1. The van der Waals surface area contributed by atoms with Gasteiger partial charge in [0.1, 0.15) is 30.0 Å². The van der Waals surface area contributed by atoms with Crippen molar-refractivity contribution in [1.82, 2.24) is 57.1 Å². The van der Waals surface area contributed by atoms with Gasteiger partial charge >= 0.3 is 0 Å². The summed E-state index contributed by atoms with van der Waals surface area (Å²) in [6.07, 6.45) is 5.94. The zero-order valence-electron chi connectivity index (χ0n) is 42.0. The molecule has 0 bridgehead atoms. The SMILES string of the molecule is CN[C@@H](C)C(=O)NC(C(=O)N[C@@H](CCC(=O)CCCc1cn([C@H]2C[C@@H](C(=O)N[C@@H]3CCCc4ccccc43)N(C(=O)[C@@H](NC(=O)[C@H](C)NC)C(C)(C)C)C2)nn1)C(=O)N[C@H](C)C(C)C)C(C)C. The molecule has 372 valence electrons. The maximum Gasteiger partial charge on any atom is 0.246 e. The Kier molecular flexibility index (Phi) is 20.0. The van der Waals surface area contributed by atoms with E-state index in [1.165, 1.54) is 5.56 Å². The summed E-state index contributed by atoms with van der Waals surface area (Å²) in [4.78, 5) is 96.6. The molecule has 2 aliphatic rings. The number of nitrogens with one attached hydrogen (secondary N) is 7. The van der Waals surface area contributed by atoms with Crippen LogP contribution in [-0.2, 0) is 46.4 Å². The van der Waals surface area contributed by atoms with Crippen molar-refractivity contribution in [2.24, 2.45) is 17.3 Å². The van der Waals surface area contributed by atoms with Gasteiger partial charge in [0.2, 0.25) is 35.4 Å². The van der Waals surface area contributed by atoms with E-state index in [1.807, 2.05) is 73.6 Å². The minimum atomic E-state index is -0.994. The molecule has 1 aliphatic carbocycles. The third-order valence-electron chi connectivity index (χ3n) is 13.4. The van der Waals surface area contributed by atoms with E-state index in [2.05, 4.69) is 53.6 Å². The number of amides is 6. The zero-order valence-corrected chi connectivity index (χ0v) is 42.0. The quantitative estimate of drug-likeness (QED) is 0.0856. The van der Waals surface area contributed by atoms with Crippen molar-refractivity contribution in [3.8, 4) is 0 Å². The van der Waals surface area contributed by atoms with Crippen molar-refractivity contribution in [1.29, 1.82) is 0 Å². The van der Waals surface area contributed by atoms with Crippen LogP contribution in [0, 0.1) is 17.3 Å². The van der Waals surface area contributed by atoms with Gasteiger partial charge in [-0.3, -0.25) is 33.6 Å². The third-order valence-corrected chi connectivity index (χ3v) is 13.4. The van der Waals surface area contributed by atoms with Crippen LogP contribution in [0.2, 0.25) is 0 Å². The number of rotatable bonds is 23. The van der Waals surface area contributed by atoms with Gasteiger partial charge in [0, 0.05) is 38.0 Å². The van der Waals surface area contributed by atoms with E-state index in [4.69, 9.17) is 0 Å². The summed E-state index contributed by atoms with van der Waals surface area (Å²) in [5, 5.41) is 29.4. The molecular weight excluding hydrogens is 855 g/mol. The van der Waals surface area contributed by atoms with E-state index in [1.54, 1.807) is 43.7 Å². The highest BCUT2D eigenvalue weighted by atomic mass is 16.2. The molecule has 1 unspecified atom stereocenters. The topological polar surface area (TPSA) is 238 Å². The number of aryl methyl sites for hydroxylation is 2. The molecule has 1 aromatic carbocycles. The molecule has 0 saturated carbocycles. The summed E-state index contributed by atoms with van der Waals surface area (Å²) >= 11 is 0. The normalized spacial score (nSPS) is 19.9. The highest BCUT2D eigenvalue weighted by Gasteiger charge is 2.46. The maximum atomic E-state index is 14.6. The molecule has 18 nitrogen and oxygen atoms in total. The Bertz CT molecular complexity index is 2030. The smallest absolute Gasteiger partial charge is 0.246 e. The monoisotopic (exact) mass is 934 g/mol. The lowest BCUT2D eigenvalue weighted by molar-refractivity contribution is -0.144. The molecule has 1 saturated heterocycles. The first-order valence-corrected chi connectivity index (χ1v) is 24.2. The molecule has 9 atom stereocenters. The van der Waals surface area contributed by atoms with Crippen LogP contribution in [0.25, 0.3) is 0 Å². The van der Waals surface area contributed by atoms with E-state index < -0.39 is 53.5 Å². The van der Waals surface area contributed by atoms with Crippen LogP contribution in [0.3, 0.4) is 0 Å². The van der Waals surface area contributed by atoms with E-state index in [9.17, 15) is 33.6 Å². The number of fused-ring (bicyclic) bond motifs is 1. The Hall–Kier alpha value is -5.23. The first kappa shape index (κ1) is 54.4. The van der Waals surface area contributed by atoms with Crippen LogP contribution in [0.15, 0.2) is 30.5 Å². The second kappa shape index (κ2) is 24.7. The van der Waals surface area contributed by atoms with Crippen LogP contribution in [0.1, 0.15) is 143 Å². The maximum absolute atomic E-state index is 14.6. The second-order valence-electron chi connectivity index (χ2n) is 20.3. The van der Waals surface area contributed by atoms with Gasteiger partial charge in [-0.15, -0.1) is 5.10 Å². The van der Waals surface area contributed by atoms with E-state index >= 15 is 0 Å². The number of likely N-dealkylation sites (N-methyl/N-ethyl adjacent to an activating group) is 2. The van der Waals surface area contributed by atoms with Crippen molar-refractivity contribution in [3.63, 3.8) is 0 Å². The predicted octanol–water partition coefficient (Wildman–Crippen LogP) is 2.82. The fourth-order valence-corrected chi connectivity index (χ4v) is 8.35. The molecule has 1 aliphatic heterocycles. The molecule has 1 aromatic heterocycles. The van der Waals surface area contributed by atoms with E-state index in [-0.39, 0.29) is 91.6 Å². The van der Waals surface area contributed by atoms with Crippen LogP contribution < -0.4 is 37.2 Å². The van der Waals surface area contributed by atoms with Crippen molar-refractivity contribution >= 4 is 41.2 Å². The number of aromatic nitrogens is 3. The van der Waals surface area contributed by atoms with Gasteiger partial charge in [-0.05, 0) is 102 Å². The average Bonchev–Trinajstić information content (AvgIpc) is 3.95. The molecule has 2 aromatic rings. The molecule has 4 rings (SSSR count). The number of Topliss-reactive ketones (excluding diaryl/α,β-unsaturated/α-hetero) is 1. The van der Waals surface area contributed by atoms with Crippen LogP contribution >= 0.6 is 0 Å². The largest absolute Gasteiger partial charge is 0.352 e. The minimum Gasteiger partial charge on any atom is -0.352 e. The number of carbonyl (C=O) groups is 7. The Morgan fingerprint density at radius 3 is 2.07 bits per heavy atom. The van der Waals surface area contributed by atoms with Crippen molar-refractivity contribution in [2.45, 2.75) is 181 Å². The summed E-state index contributed by atoms with van der Waals surface area (Å²) in [6.45, 7) is 18.7. The Morgan fingerprint density at radius 2 is 1.45 bits per heavy atom. The van der Waals surface area contributed by atoms with Gasteiger partial charge < -0.3 is 42.1 Å². The fraction of sp³-hybridized carbons (Fsp3) is 0.694. The summed E-state index contributed by atoms with van der Waals surface area (Å²) in [7, 11) is 3.32. The van der Waals surface area contributed by atoms with Crippen molar-refractivity contribution in [2.75, 3.05) is 20.6 Å². The summed E-state index contributed by atoms with van der Waals surface area (Å²) in [5.41, 5.74) is 2.25. The summed E-state index contributed by atoms with van der Waals surface area (Å²) in [5.74, 6) is -2.40. The average molecular weight is 934 g/mol. The summed E-state index contributed by atoms with van der Waals surface area (Å²) in [6, 6.07) is 2.66. The highest BCUT2D eigenvalue weighted by Crippen LogP contribution is 2.34. The molecule has 0 spiro atoms. The first-order chi connectivity index (χ1) is 31.6. The zero-order chi connectivity index (χ0) is 49.7. The molecule has 2 heterocycles. The van der Waals surface area contributed by atoms with Crippen LogP contribution in [0.5, 0.6) is 0 Å². The standard InChI is InChI=1S/C49H79N11O7/c1-28(2)30(5)52-45(64)39(54-47(66)41(29(3)4)55-43(62)31(6)50-11)24-23-36(61)20-16-19-34-26-60(58-57-34)35-25-40(46(65)53-38-22-15-18-33-17-13-14-21-37(33)38)59(27-35)48(67)42(49(8,9)10)56-44(63)32(7)51-12/h13-14,17,21,26,28-32,35,38-42,50-51H,15-16,18-20,22-25,27H2,1-12H3,(H,52,64)(H,53,65)(H,54,66)(H,55,62)(H,56,63)/t30-,31+,32+,35+,38-,39+,40+,41?,42-/m1/s1. The second-order valence-corrected chi connectivity index (χ2v) is 20.3. The molecule has 0 radical (unpaired) electrons. The number of hydrogen-bond donors (Lipinski definition) is 7. The minimum absolute atomic E-state index is 0.0440. The van der Waals surface area contributed by atoms with E-state index in [0.29, 0.717) is 18.5 Å². The molecule has 6 amide bonds. The van der Waals surface area contributed by atoms with Crippen LogP contribution in [-0.4, -0.2) is 124 Å². The van der Waals surface area contributed by atoms with Gasteiger partial charge in [-0.25, -0.2) is 4.68 Å². The van der Waals surface area contributed by atoms with Gasteiger partial charge in [0.25, 0.3) is 0 Å². The number of carbonyl (C=O) groups excluding carboxylic acids is 7. The van der Waals surface area contributed by atoms with Gasteiger partial charge in [-0.1, -0.05) is 77.9 Å². The molecule has 7 N–H and O–H groups in total.